The molecule has 6 heteroatoms. The van der Waals surface area contributed by atoms with Gasteiger partial charge in [0.25, 0.3) is 0 Å². The Labute approximate surface area is 131 Å². The first-order valence-corrected chi connectivity index (χ1v) is 6.98. The molecule has 23 heavy (non-hydrogen) atoms. The Bertz CT molecular complexity index is 898. The van der Waals surface area contributed by atoms with E-state index in [-0.39, 0.29) is 11.5 Å². The molecule has 116 valence electrons. The number of rotatable bonds is 4. The number of hydrogen-bond donors (Lipinski definition) is 1. The third-order valence-electron chi connectivity index (χ3n) is 3.79. The lowest BCUT2D eigenvalue weighted by atomic mass is 9.96. The zero-order valence-corrected chi connectivity index (χ0v) is 12.2. The van der Waals surface area contributed by atoms with Crippen molar-refractivity contribution in [3.8, 4) is 11.1 Å². The first-order chi connectivity index (χ1) is 11.0. The summed E-state index contributed by atoms with van der Waals surface area (Å²) in [5, 5.41) is 21.1. The minimum atomic E-state index is -1.02. The van der Waals surface area contributed by atoms with E-state index >= 15 is 0 Å². The van der Waals surface area contributed by atoms with Crippen molar-refractivity contribution in [1.82, 2.24) is 0 Å². The molecule has 0 saturated heterocycles. The van der Waals surface area contributed by atoms with Gasteiger partial charge < -0.3 is 9.52 Å². The number of carbonyl (C=O) groups is 1. The van der Waals surface area contributed by atoms with E-state index in [1.165, 1.54) is 6.92 Å². The number of carboxylic acids is 1. The molecule has 1 heterocycles. The van der Waals surface area contributed by atoms with Gasteiger partial charge >= 0.3 is 11.9 Å². The third-order valence-corrected chi connectivity index (χ3v) is 3.79. The van der Waals surface area contributed by atoms with Crippen molar-refractivity contribution in [3.63, 3.8) is 0 Å². The zero-order chi connectivity index (χ0) is 16.6. The molecule has 0 radical (unpaired) electrons. The Morgan fingerprint density at radius 2 is 1.87 bits per heavy atom. The van der Waals surface area contributed by atoms with Gasteiger partial charge in [0.05, 0.1) is 5.92 Å². The van der Waals surface area contributed by atoms with Gasteiger partial charge in [-0.15, -0.1) is 0 Å². The molecule has 1 unspecified atom stereocenters. The van der Waals surface area contributed by atoms with Crippen LogP contribution in [0.1, 0.15) is 18.4 Å². The Balaban J connectivity index is 2.36. The van der Waals surface area contributed by atoms with Gasteiger partial charge in [-0.3, -0.25) is 14.9 Å². The number of carboxylic acid groups (broad SMARTS) is 1. The molecule has 0 spiro atoms. The number of nitro groups is 1. The normalized spacial score (nSPS) is 12.2. The van der Waals surface area contributed by atoms with Gasteiger partial charge in [0, 0.05) is 10.9 Å². The predicted molar refractivity (Wildman–Crippen MR) is 84.4 cm³/mol. The maximum Gasteiger partial charge on any atom is 0.442 e. The Morgan fingerprint density at radius 1 is 1.17 bits per heavy atom. The molecule has 6 nitrogen and oxygen atoms in total. The summed E-state index contributed by atoms with van der Waals surface area (Å²) in [5.74, 6) is -2.22. The van der Waals surface area contributed by atoms with E-state index in [0.29, 0.717) is 22.1 Å². The van der Waals surface area contributed by atoms with E-state index in [4.69, 9.17) is 4.42 Å². The van der Waals surface area contributed by atoms with E-state index in [1.54, 1.807) is 42.5 Å². The van der Waals surface area contributed by atoms with Gasteiger partial charge in [0.15, 0.2) is 0 Å². The van der Waals surface area contributed by atoms with Crippen LogP contribution in [0.2, 0.25) is 0 Å². The molecule has 0 amide bonds. The average Bonchev–Trinajstić information content (AvgIpc) is 2.94. The number of aliphatic carboxylic acids is 1. The molecular weight excluding hydrogens is 298 g/mol. The van der Waals surface area contributed by atoms with Crippen LogP contribution in [0.4, 0.5) is 5.88 Å². The molecule has 1 atom stereocenters. The minimum absolute atomic E-state index is 0.243. The second kappa shape index (κ2) is 5.57. The van der Waals surface area contributed by atoms with E-state index < -0.39 is 16.8 Å². The Hall–Kier alpha value is -3.15. The number of furan rings is 1. The van der Waals surface area contributed by atoms with E-state index in [2.05, 4.69) is 0 Å². The van der Waals surface area contributed by atoms with Gasteiger partial charge in [-0.1, -0.05) is 48.5 Å². The second-order valence-corrected chi connectivity index (χ2v) is 5.19. The van der Waals surface area contributed by atoms with Crippen molar-refractivity contribution >= 4 is 22.8 Å². The standard InChI is InChI=1S/C17H13NO5/c1-10(17(19)20)12-8-5-9-13-14(11-6-3-2-4-7-11)16(18(21)22)23-15(12)13/h2-10H,1H3,(H,19,20). The number of fused-ring (bicyclic) bond motifs is 1. The summed E-state index contributed by atoms with van der Waals surface area (Å²) in [7, 11) is 0. The molecule has 2 aromatic carbocycles. The number of para-hydroxylation sites is 1. The molecule has 3 aromatic rings. The molecule has 0 aliphatic rings. The monoisotopic (exact) mass is 311 g/mol. The molecule has 1 N–H and O–H groups in total. The molecule has 0 bridgehead atoms. The largest absolute Gasteiger partial charge is 0.481 e. The van der Waals surface area contributed by atoms with Crippen LogP contribution in [0.15, 0.2) is 52.9 Å². The molecule has 0 saturated carbocycles. The van der Waals surface area contributed by atoms with Gasteiger partial charge in [0.2, 0.25) is 0 Å². The quantitative estimate of drug-likeness (QED) is 0.575. The highest BCUT2D eigenvalue weighted by Gasteiger charge is 2.28. The smallest absolute Gasteiger partial charge is 0.442 e. The molecular formula is C17H13NO5. The fraction of sp³-hybridized carbons (Fsp3) is 0.118. The number of hydrogen-bond acceptors (Lipinski definition) is 4. The fourth-order valence-corrected chi connectivity index (χ4v) is 2.61. The van der Waals surface area contributed by atoms with E-state index in [1.807, 2.05) is 6.07 Å². The Morgan fingerprint density at radius 3 is 2.48 bits per heavy atom. The SMILES string of the molecule is CC(C(=O)O)c1cccc2c(-c3ccccc3)c([N+](=O)[O-])oc12. The van der Waals surface area contributed by atoms with Crippen LogP contribution in [0.3, 0.4) is 0 Å². The van der Waals surface area contributed by atoms with Crippen LogP contribution in [0, 0.1) is 10.1 Å². The van der Waals surface area contributed by atoms with Crippen molar-refractivity contribution in [2.75, 3.05) is 0 Å². The third kappa shape index (κ3) is 2.44. The molecule has 0 fully saturated rings. The summed E-state index contributed by atoms with van der Waals surface area (Å²) in [6.45, 7) is 1.52. The lowest BCUT2D eigenvalue weighted by Gasteiger charge is -2.06. The highest BCUT2D eigenvalue weighted by Crippen LogP contribution is 2.42. The van der Waals surface area contributed by atoms with Gasteiger partial charge in [-0.05, 0) is 12.5 Å². The van der Waals surface area contributed by atoms with Crippen LogP contribution in [0.5, 0.6) is 0 Å². The van der Waals surface area contributed by atoms with Crippen LogP contribution in [-0.2, 0) is 4.79 Å². The van der Waals surface area contributed by atoms with Gasteiger partial charge in [-0.2, -0.15) is 0 Å². The topological polar surface area (TPSA) is 93.6 Å². The van der Waals surface area contributed by atoms with Crippen molar-refractivity contribution in [1.29, 1.82) is 0 Å². The summed E-state index contributed by atoms with van der Waals surface area (Å²) in [6.07, 6.45) is 0. The zero-order valence-electron chi connectivity index (χ0n) is 12.2. The highest BCUT2D eigenvalue weighted by atomic mass is 16.6. The summed E-state index contributed by atoms with van der Waals surface area (Å²) < 4.78 is 5.46. The average molecular weight is 311 g/mol. The molecule has 3 rings (SSSR count). The van der Waals surface area contributed by atoms with Crippen molar-refractivity contribution in [3.05, 3.63) is 64.2 Å². The molecule has 0 aliphatic carbocycles. The predicted octanol–water partition coefficient (Wildman–Crippen LogP) is 4.20. The lowest BCUT2D eigenvalue weighted by Crippen LogP contribution is -2.07. The van der Waals surface area contributed by atoms with Crippen molar-refractivity contribution < 1.29 is 19.2 Å². The molecule has 1 aromatic heterocycles. The van der Waals surface area contributed by atoms with Gasteiger partial charge in [0.1, 0.15) is 16.1 Å². The minimum Gasteiger partial charge on any atom is -0.481 e. The van der Waals surface area contributed by atoms with Crippen LogP contribution >= 0.6 is 0 Å². The molecule has 0 aliphatic heterocycles. The summed E-state index contributed by atoms with van der Waals surface area (Å²) >= 11 is 0. The summed E-state index contributed by atoms with van der Waals surface area (Å²) in [6, 6.07) is 13.9. The second-order valence-electron chi connectivity index (χ2n) is 5.19. The lowest BCUT2D eigenvalue weighted by molar-refractivity contribution is -0.400. The van der Waals surface area contributed by atoms with E-state index in [0.717, 1.165) is 0 Å². The summed E-state index contributed by atoms with van der Waals surface area (Å²) in [5.41, 5.74) is 1.68. The van der Waals surface area contributed by atoms with E-state index in [9.17, 15) is 20.0 Å². The first kappa shape index (κ1) is 14.8. The summed E-state index contributed by atoms with van der Waals surface area (Å²) in [4.78, 5) is 22.1. The van der Waals surface area contributed by atoms with Gasteiger partial charge in [-0.25, -0.2) is 0 Å². The first-order valence-electron chi connectivity index (χ1n) is 6.98. The van der Waals surface area contributed by atoms with Crippen LogP contribution < -0.4 is 0 Å². The maximum atomic E-state index is 11.4. The Kier molecular flexibility index (Phi) is 3.57. The maximum absolute atomic E-state index is 11.4. The fourth-order valence-electron chi connectivity index (χ4n) is 2.61. The number of nitrogens with zero attached hydrogens (tertiary/aromatic N) is 1. The van der Waals surface area contributed by atoms with Crippen molar-refractivity contribution in [2.24, 2.45) is 0 Å². The number of benzene rings is 2. The highest BCUT2D eigenvalue weighted by molar-refractivity contribution is 6.01. The van der Waals surface area contributed by atoms with Crippen LogP contribution in [-0.4, -0.2) is 16.0 Å². The van der Waals surface area contributed by atoms with Crippen LogP contribution in [0.25, 0.3) is 22.1 Å². The van der Waals surface area contributed by atoms with Crippen molar-refractivity contribution in [2.45, 2.75) is 12.8 Å².